The molecule has 0 aliphatic rings. The smallest absolute Gasteiger partial charge is 0.416 e. The Balaban J connectivity index is 2.43. The van der Waals surface area contributed by atoms with Gasteiger partial charge in [-0.15, -0.1) is 0 Å². The highest BCUT2D eigenvalue weighted by atomic mass is 19.4. The van der Waals surface area contributed by atoms with Crippen molar-refractivity contribution in [1.82, 2.24) is 0 Å². The maximum atomic E-state index is 12.8. The minimum Gasteiger partial charge on any atom is -0.478 e. The van der Waals surface area contributed by atoms with Gasteiger partial charge in [-0.05, 0) is 29.7 Å². The Morgan fingerprint density at radius 3 is 2.38 bits per heavy atom. The largest absolute Gasteiger partial charge is 0.478 e. The fraction of sp³-hybridized carbons (Fsp3) is 0.125. The third-order valence-electron chi connectivity index (χ3n) is 3.27. The molecule has 0 spiro atoms. The number of rotatable bonds is 4. The van der Waals surface area contributed by atoms with Gasteiger partial charge in [-0.1, -0.05) is 30.3 Å². The van der Waals surface area contributed by atoms with Crippen LogP contribution in [-0.2, 0) is 12.6 Å². The first kappa shape index (κ1) is 17.3. The van der Waals surface area contributed by atoms with Crippen LogP contribution in [0, 0.1) is 0 Å². The molecule has 2 aromatic carbocycles. The van der Waals surface area contributed by atoms with E-state index in [1.807, 2.05) is 0 Å². The van der Waals surface area contributed by atoms with Crippen LogP contribution < -0.4 is 11.1 Å². The normalized spacial score (nSPS) is 11.1. The van der Waals surface area contributed by atoms with Gasteiger partial charge in [0.1, 0.15) is 0 Å². The number of nitrogens with two attached hydrogens (primary N) is 1. The molecule has 0 heterocycles. The molecule has 0 atom stereocenters. The number of halogens is 3. The summed E-state index contributed by atoms with van der Waals surface area (Å²) in [6.45, 7) is 0. The van der Waals surface area contributed by atoms with Crippen LogP contribution in [-0.4, -0.2) is 17.1 Å². The molecule has 0 radical (unpaired) electrons. The van der Waals surface area contributed by atoms with Gasteiger partial charge in [-0.25, -0.2) is 9.59 Å². The number of hydrogen-bond acceptors (Lipinski definition) is 2. The molecule has 2 rings (SSSR count). The summed E-state index contributed by atoms with van der Waals surface area (Å²) < 4.78 is 38.3. The topological polar surface area (TPSA) is 92.4 Å². The third kappa shape index (κ3) is 4.03. The summed E-state index contributed by atoms with van der Waals surface area (Å²) in [7, 11) is 0. The molecule has 126 valence electrons. The maximum absolute atomic E-state index is 12.8. The quantitative estimate of drug-likeness (QED) is 0.797. The molecule has 24 heavy (non-hydrogen) atoms. The van der Waals surface area contributed by atoms with Crippen LogP contribution in [0.4, 0.5) is 23.7 Å². The molecule has 0 aromatic heterocycles. The zero-order chi connectivity index (χ0) is 17.9. The zero-order valence-electron chi connectivity index (χ0n) is 12.2. The third-order valence-corrected chi connectivity index (χ3v) is 3.27. The van der Waals surface area contributed by atoms with E-state index in [2.05, 4.69) is 5.32 Å². The first-order valence-corrected chi connectivity index (χ1v) is 6.76. The van der Waals surface area contributed by atoms with Crippen LogP contribution in [0.1, 0.15) is 27.0 Å². The monoisotopic (exact) mass is 338 g/mol. The van der Waals surface area contributed by atoms with Crippen molar-refractivity contribution < 1.29 is 27.9 Å². The molecule has 0 bridgehead atoms. The average Bonchev–Trinajstić information content (AvgIpc) is 2.46. The number of primary amides is 1. The van der Waals surface area contributed by atoms with Crippen molar-refractivity contribution in [2.75, 3.05) is 5.32 Å². The summed E-state index contributed by atoms with van der Waals surface area (Å²) in [6, 6.07) is 7.99. The number of nitrogens with one attached hydrogen (secondary N) is 1. The fourth-order valence-electron chi connectivity index (χ4n) is 2.31. The predicted octanol–water partition coefficient (Wildman–Crippen LogP) is 3.49. The molecule has 5 nitrogen and oxygen atoms in total. The van der Waals surface area contributed by atoms with Crippen LogP contribution >= 0.6 is 0 Å². The lowest BCUT2D eigenvalue weighted by atomic mass is 9.97. The van der Waals surface area contributed by atoms with E-state index in [0.29, 0.717) is 5.56 Å². The van der Waals surface area contributed by atoms with Gasteiger partial charge in [-0.3, -0.25) is 0 Å². The lowest BCUT2D eigenvalue weighted by Crippen LogP contribution is -2.21. The molecule has 0 saturated heterocycles. The molecule has 2 aromatic rings. The minimum absolute atomic E-state index is 0.0144. The number of aromatic carboxylic acids is 1. The first-order valence-electron chi connectivity index (χ1n) is 6.76. The van der Waals surface area contributed by atoms with Gasteiger partial charge < -0.3 is 16.2 Å². The fourth-order valence-corrected chi connectivity index (χ4v) is 2.31. The molecule has 2 amide bonds. The number of carboxylic acid groups (broad SMARTS) is 1. The Labute approximate surface area is 134 Å². The Morgan fingerprint density at radius 2 is 1.79 bits per heavy atom. The van der Waals surface area contributed by atoms with E-state index in [9.17, 15) is 27.9 Å². The van der Waals surface area contributed by atoms with Crippen LogP contribution in [0.25, 0.3) is 0 Å². The molecule has 4 N–H and O–H groups in total. The number of carbonyl (C=O) groups excluding carboxylic acids is 1. The molecule has 0 aliphatic carbocycles. The van der Waals surface area contributed by atoms with Gasteiger partial charge in [0, 0.05) is 0 Å². The predicted molar refractivity (Wildman–Crippen MR) is 80.9 cm³/mol. The second-order valence-corrected chi connectivity index (χ2v) is 5.01. The SMILES string of the molecule is NC(=O)Nc1cccc(Cc2cccc(C(F)(F)F)c2)c1C(=O)O. The van der Waals surface area contributed by atoms with Crippen molar-refractivity contribution in [3.05, 3.63) is 64.7 Å². The lowest BCUT2D eigenvalue weighted by Gasteiger charge is -2.13. The van der Waals surface area contributed by atoms with E-state index in [0.717, 1.165) is 12.1 Å². The van der Waals surface area contributed by atoms with Gasteiger partial charge >= 0.3 is 18.2 Å². The molecule has 0 unspecified atom stereocenters. The summed E-state index contributed by atoms with van der Waals surface area (Å²) in [6.07, 6.45) is -4.53. The molecule has 0 fully saturated rings. The summed E-state index contributed by atoms with van der Waals surface area (Å²) in [5.41, 5.74) is 4.50. The number of alkyl halides is 3. The molecule has 0 aliphatic heterocycles. The highest BCUT2D eigenvalue weighted by molar-refractivity contribution is 6.00. The Bertz CT molecular complexity index is 788. The second-order valence-electron chi connectivity index (χ2n) is 5.01. The van der Waals surface area contributed by atoms with Gasteiger partial charge in [0.25, 0.3) is 0 Å². The number of anilines is 1. The van der Waals surface area contributed by atoms with E-state index >= 15 is 0 Å². The Hall–Kier alpha value is -3.03. The van der Waals surface area contributed by atoms with E-state index in [1.54, 1.807) is 0 Å². The first-order chi connectivity index (χ1) is 11.2. The molecule has 0 saturated carbocycles. The number of benzene rings is 2. The average molecular weight is 338 g/mol. The van der Waals surface area contributed by atoms with Crippen molar-refractivity contribution >= 4 is 17.7 Å². The number of carbonyl (C=O) groups is 2. The summed E-state index contributed by atoms with van der Waals surface area (Å²) in [4.78, 5) is 22.4. The minimum atomic E-state index is -4.49. The van der Waals surface area contributed by atoms with Crippen LogP contribution in [0.15, 0.2) is 42.5 Å². The standard InChI is InChI=1S/C16H13F3N2O3/c17-16(18,19)11-5-1-3-9(8-11)7-10-4-2-6-12(21-15(20)24)13(10)14(22)23/h1-6,8H,7H2,(H,22,23)(H3,20,21,24). The number of amides is 2. The summed E-state index contributed by atoms with van der Waals surface area (Å²) in [5, 5.41) is 11.5. The van der Waals surface area contributed by atoms with Crippen molar-refractivity contribution in [2.45, 2.75) is 12.6 Å². The van der Waals surface area contributed by atoms with Crippen molar-refractivity contribution in [3.63, 3.8) is 0 Å². The van der Waals surface area contributed by atoms with E-state index < -0.39 is 23.7 Å². The van der Waals surface area contributed by atoms with Gasteiger partial charge in [0.15, 0.2) is 0 Å². The van der Waals surface area contributed by atoms with Crippen molar-refractivity contribution in [2.24, 2.45) is 5.73 Å². The number of hydrogen-bond donors (Lipinski definition) is 3. The molecule has 8 heteroatoms. The van der Waals surface area contributed by atoms with Crippen molar-refractivity contribution in [1.29, 1.82) is 0 Å². The Morgan fingerprint density at radius 1 is 1.12 bits per heavy atom. The molecular formula is C16H13F3N2O3. The van der Waals surface area contributed by atoms with Crippen LogP contribution in [0.2, 0.25) is 0 Å². The van der Waals surface area contributed by atoms with Gasteiger partial charge in [0.05, 0.1) is 16.8 Å². The van der Waals surface area contributed by atoms with Crippen molar-refractivity contribution in [3.8, 4) is 0 Å². The maximum Gasteiger partial charge on any atom is 0.416 e. The van der Waals surface area contributed by atoms with E-state index in [1.165, 1.54) is 30.3 Å². The highest BCUT2D eigenvalue weighted by Crippen LogP contribution is 2.30. The van der Waals surface area contributed by atoms with Gasteiger partial charge in [-0.2, -0.15) is 13.2 Å². The molecular weight excluding hydrogens is 325 g/mol. The van der Waals surface area contributed by atoms with Gasteiger partial charge in [0.2, 0.25) is 0 Å². The second kappa shape index (κ2) is 6.61. The lowest BCUT2D eigenvalue weighted by molar-refractivity contribution is -0.137. The number of carboxylic acids is 1. The van der Waals surface area contributed by atoms with E-state index in [-0.39, 0.29) is 23.2 Å². The number of urea groups is 1. The zero-order valence-corrected chi connectivity index (χ0v) is 12.2. The van der Waals surface area contributed by atoms with Crippen LogP contribution in [0.3, 0.4) is 0 Å². The Kier molecular flexibility index (Phi) is 4.77. The summed E-state index contributed by atoms with van der Waals surface area (Å²) >= 11 is 0. The van der Waals surface area contributed by atoms with Crippen LogP contribution in [0.5, 0.6) is 0 Å². The highest BCUT2D eigenvalue weighted by Gasteiger charge is 2.30. The summed E-state index contributed by atoms with van der Waals surface area (Å²) in [5.74, 6) is -1.32. The van der Waals surface area contributed by atoms with E-state index in [4.69, 9.17) is 5.73 Å².